The lowest BCUT2D eigenvalue weighted by Gasteiger charge is -2.25. The van der Waals surface area contributed by atoms with Crippen molar-refractivity contribution in [1.82, 2.24) is 5.43 Å². The van der Waals surface area contributed by atoms with Crippen LogP contribution < -0.4 is 19.2 Å². The third-order valence-corrected chi connectivity index (χ3v) is 6.60. The zero-order valence-corrected chi connectivity index (χ0v) is 20.1. The second-order valence-electron chi connectivity index (χ2n) is 7.30. The predicted octanol–water partition coefficient (Wildman–Crippen LogP) is 3.75. The quantitative estimate of drug-likeness (QED) is 0.351. The van der Waals surface area contributed by atoms with Crippen molar-refractivity contribution in [1.29, 1.82) is 0 Å². The van der Waals surface area contributed by atoms with Gasteiger partial charge in [-0.05, 0) is 55.8 Å². The summed E-state index contributed by atoms with van der Waals surface area (Å²) in [5, 5.41) is 3.96. The van der Waals surface area contributed by atoms with E-state index in [0.29, 0.717) is 23.7 Å². The molecule has 0 aliphatic heterocycles. The van der Waals surface area contributed by atoms with Gasteiger partial charge in [-0.25, -0.2) is 13.8 Å². The summed E-state index contributed by atoms with van der Waals surface area (Å²) in [6.07, 6.45) is 1.45. The maximum atomic E-state index is 13.5. The maximum Gasteiger partial charge on any atom is 0.264 e. The zero-order chi connectivity index (χ0) is 24.6. The fraction of sp³-hybridized carbons (Fsp3) is 0.200. The molecule has 3 rings (SSSR count). The number of ether oxygens (including phenoxy) is 2. The second kappa shape index (κ2) is 11.3. The Labute approximate surface area is 199 Å². The normalized spacial score (nSPS) is 11.3. The average Bonchev–Trinajstić information content (AvgIpc) is 2.83. The minimum atomic E-state index is -4.07. The number of methoxy groups -OCH3 is 1. The molecule has 0 saturated heterocycles. The topological polar surface area (TPSA) is 97.3 Å². The summed E-state index contributed by atoms with van der Waals surface area (Å²) < 4.78 is 38.9. The summed E-state index contributed by atoms with van der Waals surface area (Å²) in [4.78, 5) is 12.8. The first-order chi connectivity index (χ1) is 16.3. The van der Waals surface area contributed by atoms with Crippen LogP contribution in [0.25, 0.3) is 0 Å². The number of nitrogens with zero attached hydrogens (tertiary/aromatic N) is 2. The van der Waals surface area contributed by atoms with Crippen molar-refractivity contribution in [3.63, 3.8) is 0 Å². The smallest absolute Gasteiger partial charge is 0.264 e. The Balaban J connectivity index is 1.89. The first kappa shape index (κ1) is 24.8. The van der Waals surface area contributed by atoms with Crippen molar-refractivity contribution in [2.75, 3.05) is 24.6 Å². The molecule has 0 spiro atoms. The lowest BCUT2D eigenvalue weighted by Crippen LogP contribution is -2.39. The Morgan fingerprint density at radius 3 is 2.50 bits per heavy atom. The minimum absolute atomic E-state index is 0.0667. The first-order valence-electron chi connectivity index (χ1n) is 10.6. The van der Waals surface area contributed by atoms with E-state index >= 15 is 0 Å². The molecule has 0 aliphatic carbocycles. The van der Waals surface area contributed by atoms with Gasteiger partial charge in [0.05, 0.1) is 30.5 Å². The van der Waals surface area contributed by atoms with Gasteiger partial charge in [-0.15, -0.1) is 0 Å². The molecule has 0 saturated carbocycles. The van der Waals surface area contributed by atoms with Crippen LogP contribution in [0.4, 0.5) is 5.69 Å². The van der Waals surface area contributed by atoms with Crippen molar-refractivity contribution < 1.29 is 22.7 Å². The van der Waals surface area contributed by atoms with Gasteiger partial charge < -0.3 is 9.47 Å². The van der Waals surface area contributed by atoms with Gasteiger partial charge in [-0.1, -0.05) is 42.0 Å². The molecule has 0 radical (unpaired) electrons. The number of para-hydroxylation sites is 2. The summed E-state index contributed by atoms with van der Waals surface area (Å²) in [5.41, 5.74) is 4.29. The monoisotopic (exact) mass is 481 g/mol. The number of anilines is 1. The highest BCUT2D eigenvalue weighted by molar-refractivity contribution is 7.92. The highest BCUT2D eigenvalue weighted by atomic mass is 32.2. The molecule has 1 amide bonds. The van der Waals surface area contributed by atoms with Crippen LogP contribution in [0.1, 0.15) is 18.1 Å². The number of carbonyl (C=O) groups is 1. The van der Waals surface area contributed by atoms with Gasteiger partial charge in [0, 0.05) is 0 Å². The number of rotatable bonds is 10. The number of amides is 1. The SMILES string of the molecule is CCOc1ccccc1N(CC(=O)N/N=C\c1cccc(OC)c1)S(=O)(=O)c1ccc(C)cc1. The summed E-state index contributed by atoms with van der Waals surface area (Å²) in [7, 11) is -2.51. The molecular formula is C25H27N3O5S. The van der Waals surface area contributed by atoms with Gasteiger partial charge in [0.25, 0.3) is 15.9 Å². The molecule has 0 fully saturated rings. The van der Waals surface area contributed by atoms with E-state index < -0.39 is 22.5 Å². The minimum Gasteiger partial charge on any atom is -0.497 e. The Kier molecular flexibility index (Phi) is 8.26. The zero-order valence-electron chi connectivity index (χ0n) is 19.3. The number of carbonyl (C=O) groups excluding carboxylic acids is 1. The standard InChI is InChI=1S/C25H27N3O5S/c1-4-33-24-11-6-5-10-23(24)28(34(30,31)22-14-12-19(2)13-15-22)18-25(29)27-26-17-20-8-7-9-21(16-20)32-3/h5-17H,4,18H2,1-3H3,(H,27,29)/b26-17-. The summed E-state index contributed by atoms with van der Waals surface area (Å²) in [5.74, 6) is 0.396. The molecule has 3 aromatic carbocycles. The van der Waals surface area contributed by atoms with Crippen molar-refractivity contribution in [2.45, 2.75) is 18.7 Å². The molecule has 9 heteroatoms. The fourth-order valence-corrected chi connectivity index (χ4v) is 4.58. The largest absolute Gasteiger partial charge is 0.497 e. The van der Waals surface area contributed by atoms with E-state index in [9.17, 15) is 13.2 Å². The van der Waals surface area contributed by atoms with Crippen LogP contribution in [0, 0.1) is 6.92 Å². The number of nitrogens with one attached hydrogen (secondary N) is 1. The van der Waals surface area contributed by atoms with E-state index in [1.165, 1.54) is 18.3 Å². The molecule has 178 valence electrons. The fourth-order valence-electron chi connectivity index (χ4n) is 3.14. The van der Waals surface area contributed by atoms with Crippen LogP contribution in [0.3, 0.4) is 0 Å². The first-order valence-corrected chi connectivity index (χ1v) is 12.1. The lowest BCUT2D eigenvalue weighted by atomic mass is 10.2. The van der Waals surface area contributed by atoms with Crippen LogP contribution in [-0.4, -0.2) is 40.8 Å². The van der Waals surface area contributed by atoms with E-state index in [1.54, 1.807) is 74.7 Å². The van der Waals surface area contributed by atoms with Crippen molar-refractivity contribution >= 4 is 27.8 Å². The summed E-state index contributed by atoms with van der Waals surface area (Å²) >= 11 is 0. The molecule has 0 aliphatic rings. The Hall–Kier alpha value is -3.85. The number of hydrogen-bond acceptors (Lipinski definition) is 6. The number of hydrazone groups is 1. The van der Waals surface area contributed by atoms with Gasteiger partial charge in [-0.3, -0.25) is 9.10 Å². The van der Waals surface area contributed by atoms with Crippen molar-refractivity contribution in [2.24, 2.45) is 5.10 Å². The van der Waals surface area contributed by atoms with E-state index in [4.69, 9.17) is 9.47 Å². The Morgan fingerprint density at radius 1 is 1.06 bits per heavy atom. The highest BCUT2D eigenvalue weighted by Crippen LogP contribution is 2.32. The molecule has 0 heterocycles. The third kappa shape index (κ3) is 6.14. The molecule has 3 aromatic rings. The van der Waals surface area contributed by atoms with E-state index in [0.717, 1.165) is 9.87 Å². The molecule has 0 atom stereocenters. The number of sulfonamides is 1. The second-order valence-corrected chi connectivity index (χ2v) is 9.16. The summed E-state index contributed by atoms with van der Waals surface area (Å²) in [6, 6.07) is 20.3. The molecule has 0 bridgehead atoms. The highest BCUT2D eigenvalue weighted by Gasteiger charge is 2.29. The van der Waals surface area contributed by atoms with Gasteiger partial charge in [-0.2, -0.15) is 5.10 Å². The molecule has 0 unspecified atom stereocenters. The molecule has 1 N–H and O–H groups in total. The van der Waals surface area contributed by atoms with Crippen LogP contribution in [0.5, 0.6) is 11.5 Å². The Morgan fingerprint density at radius 2 is 1.79 bits per heavy atom. The number of aryl methyl sites for hydroxylation is 1. The van der Waals surface area contributed by atoms with E-state index in [2.05, 4.69) is 10.5 Å². The van der Waals surface area contributed by atoms with Crippen LogP contribution in [0.2, 0.25) is 0 Å². The van der Waals surface area contributed by atoms with Crippen LogP contribution in [0.15, 0.2) is 82.8 Å². The Bertz CT molecular complexity index is 1260. The molecule has 34 heavy (non-hydrogen) atoms. The van der Waals surface area contributed by atoms with Gasteiger partial charge in [0.2, 0.25) is 0 Å². The predicted molar refractivity (Wildman–Crippen MR) is 132 cm³/mol. The van der Waals surface area contributed by atoms with Gasteiger partial charge >= 0.3 is 0 Å². The molecule has 8 nitrogen and oxygen atoms in total. The van der Waals surface area contributed by atoms with Gasteiger partial charge in [0.15, 0.2) is 0 Å². The van der Waals surface area contributed by atoms with Crippen LogP contribution >= 0.6 is 0 Å². The van der Waals surface area contributed by atoms with Crippen molar-refractivity contribution in [3.05, 3.63) is 83.9 Å². The third-order valence-electron chi connectivity index (χ3n) is 4.83. The molecule has 0 aromatic heterocycles. The lowest BCUT2D eigenvalue weighted by molar-refractivity contribution is -0.119. The maximum absolute atomic E-state index is 13.5. The van der Waals surface area contributed by atoms with E-state index in [-0.39, 0.29) is 10.6 Å². The van der Waals surface area contributed by atoms with Gasteiger partial charge in [0.1, 0.15) is 18.0 Å². The van der Waals surface area contributed by atoms with E-state index in [1.807, 2.05) is 6.92 Å². The van der Waals surface area contributed by atoms with Crippen molar-refractivity contribution in [3.8, 4) is 11.5 Å². The summed E-state index contributed by atoms with van der Waals surface area (Å²) in [6.45, 7) is 3.52. The van der Waals surface area contributed by atoms with Crippen LogP contribution in [-0.2, 0) is 14.8 Å². The number of hydrogen-bond donors (Lipinski definition) is 1. The molecular weight excluding hydrogens is 454 g/mol. The average molecular weight is 482 g/mol. The number of benzene rings is 3.